The number of nitrogen functional groups attached to an aromatic ring is 1. The lowest BCUT2D eigenvalue weighted by atomic mass is 10.1. The molecule has 5 rings (SSSR count). The molecule has 4 N–H and O–H groups in total. The number of anilines is 1. The molecule has 160 valence electrons. The molecule has 0 unspecified atom stereocenters. The van der Waals surface area contributed by atoms with Crippen molar-refractivity contribution < 1.29 is 9.53 Å². The molecule has 3 heterocycles. The number of carbonyl (C=O) groups excluding carboxylic acids is 1. The second-order valence-corrected chi connectivity index (χ2v) is 8.49. The first-order chi connectivity index (χ1) is 15.6. The number of aromatic amines is 1. The van der Waals surface area contributed by atoms with Gasteiger partial charge in [-0.05, 0) is 54.4 Å². The fourth-order valence-electron chi connectivity index (χ4n) is 3.82. The van der Waals surface area contributed by atoms with Crippen molar-refractivity contribution in [3.63, 3.8) is 0 Å². The van der Waals surface area contributed by atoms with Gasteiger partial charge in [0.05, 0.1) is 18.5 Å². The van der Waals surface area contributed by atoms with Gasteiger partial charge >= 0.3 is 0 Å². The standard InChI is InChI=1S/C25H22N4O2S/c1-31-17-8-6-15(7-9-17)20-11-10-19-22(26)23(32-25(19)29-20)24(30)27-13-12-16-14-28-21-5-3-2-4-18(16)21/h2-11,14,28H,12-13,26H2,1H3,(H,27,30). The lowest BCUT2D eigenvalue weighted by Gasteiger charge is -2.04. The summed E-state index contributed by atoms with van der Waals surface area (Å²) in [5, 5.41) is 4.98. The lowest BCUT2D eigenvalue weighted by molar-refractivity contribution is 0.0959. The number of nitrogens with two attached hydrogens (primary N) is 1. The number of rotatable bonds is 6. The number of H-pyrrole nitrogens is 1. The van der Waals surface area contributed by atoms with Crippen LogP contribution in [0.15, 0.2) is 66.9 Å². The Morgan fingerprint density at radius 3 is 2.72 bits per heavy atom. The number of methoxy groups -OCH3 is 1. The number of para-hydroxylation sites is 1. The van der Waals surface area contributed by atoms with Crippen LogP contribution < -0.4 is 15.8 Å². The van der Waals surface area contributed by atoms with E-state index in [1.165, 1.54) is 22.3 Å². The Morgan fingerprint density at radius 2 is 1.91 bits per heavy atom. The number of amides is 1. The Hall–Kier alpha value is -3.84. The number of pyridine rings is 1. The maximum atomic E-state index is 12.8. The van der Waals surface area contributed by atoms with Crippen molar-refractivity contribution in [3.8, 4) is 17.0 Å². The van der Waals surface area contributed by atoms with E-state index < -0.39 is 0 Å². The maximum Gasteiger partial charge on any atom is 0.263 e. The molecular weight excluding hydrogens is 420 g/mol. The number of thiophene rings is 1. The Morgan fingerprint density at radius 1 is 1.09 bits per heavy atom. The summed E-state index contributed by atoms with van der Waals surface area (Å²) >= 11 is 1.32. The predicted molar refractivity (Wildman–Crippen MR) is 130 cm³/mol. The summed E-state index contributed by atoms with van der Waals surface area (Å²) in [6, 6.07) is 19.7. The largest absolute Gasteiger partial charge is 0.497 e. The van der Waals surface area contributed by atoms with Gasteiger partial charge in [-0.15, -0.1) is 11.3 Å². The normalized spacial score (nSPS) is 11.2. The Balaban J connectivity index is 1.32. The Labute approximate surface area is 189 Å². The van der Waals surface area contributed by atoms with Crippen LogP contribution in [0.5, 0.6) is 5.75 Å². The molecule has 0 saturated heterocycles. The second kappa shape index (κ2) is 8.36. The third-order valence-corrected chi connectivity index (χ3v) is 6.65. The SMILES string of the molecule is COc1ccc(-c2ccc3c(N)c(C(=O)NCCc4c[nH]c5ccccc45)sc3n2)cc1. The van der Waals surface area contributed by atoms with E-state index in [4.69, 9.17) is 15.5 Å². The summed E-state index contributed by atoms with van der Waals surface area (Å²) in [5.41, 5.74) is 10.8. The van der Waals surface area contributed by atoms with Crippen molar-refractivity contribution in [2.45, 2.75) is 6.42 Å². The molecule has 7 heteroatoms. The van der Waals surface area contributed by atoms with Crippen molar-refractivity contribution in [3.05, 3.63) is 77.3 Å². The minimum atomic E-state index is -0.170. The number of nitrogens with one attached hydrogen (secondary N) is 2. The molecular formula is C25H22N4O2S. The lowest BCUT2D eigenvalue weighted by Crippen LogP contribution is -2.25. The zero-order valence-electron chi connectivity index (χ0n) is 17.5. The monoisotopic (exact) mass is 442 g/mol. The van der Waals surface area contributed by atoms with Crippen LogP contribution in [-0.4, -0.2) is 29.5 Å². The molecule has 0 bridgehead atoms. The summed E-state index contributed by atoms with van der Waals surface area (Å²) < 4.78 is 5.22. The quantitative estimate of drug-likeness (QED) is 0.345. The van der Waals surface area contributed by atoms with Crippen LogP contribution >= 0.6 is 11.3 Å². The van der Waals surface area contributed by atoms with Crippen LogP contribution in [0.25, 0.3) is 32.4 Å². The minimum Gasteiger partial charge on any atom is -0.497 e. The van der Waals surface area contributed by atoms with Crippen LogP contribution in [0.3, 0.4) is 0 Å². The van der Waals surface area contributed by atoms with Crippen molar-refractivity contribution in [1.29, 1.82) is 0 Å². The molecule has 0 aliphatic carbocycles. The van der Waals surface area contributed by atoms with Gasteiger partial charge < -0.3 is 20.8 Å². The third-order valence-electron chi connectivity index (χ3n) is 5.54. The maximum absolute atomic E-state index is 12.8. The zero-order chi connectivity index (χ0) is 22.1. The highest BCUT2D eigenvalue weighted by atomic mass is 32.1. The number of aromatic nitrogens is 2. The number of hydrogen-bond acceptors (Lipinski definition) is 5. The van der Waals surface area contributed by atoms with Crippen LogP contribution in [-0.2, 0) is 6.42 Å². The summed E-state index contributed by atoms with van der Waals surface area (Å²) in [5.74, 6) is 0.623. The number of ether oxygens (including phenoxy) is 1. The molecule has 6 nitrogen and oxygen atoms in total. The van der Waals surface area contributed by atoms with Crippen LogP contribution in [0.4, 0.5) is 5.69 Å². The summed E-state index contributed by atoms with van der Waals surface area (Å²) in [4.78, 5) is 22.1. The Kier molecular flexibility index (Phi) is 5.25. The van der Waals surface area contributed by atoms with Crippen molar-refractivity contribution in [1.82, 2.24) is 15.3 Å². The highest BCUT2D eigenvalue weighted by molar-refractivity contribution is 7.21. The number of fused-ring (bicyclic) bond motifs is 2. The van der Waals surface area contributed by atoms with Gasteiger partial charge in [-0.2, -0.15) is 0 Å². The highest BCUT2D eigenvalue weighted by Crippen LogP contribution is 2.34. The summed E-state index contributed by atoms with van der Waals surface area (Å²) in [6.07, 6.45) is 2.73. The van der Waals surface area contributed by atoms with Gasteiger partial charge in [-0.3, -0.25) is 4.79 Å². The van der Waals surface area contributed by atoms with Gasteiger partial charge in [0.15, 0.2) is 0 Å². The van der Waals surface area contributed by atoms with Gasteiger partial charge in [0.1, 0.15) is 15.5 Å². The average molecular weight is 443 g/mol. The first-order valence-electron chi connectivity index (χ1n) is 10.3. The van der Waals surface area contributed by atoms with Crippen LogP contribution in [0, 0.1) is 0 Å². The molecule has 0 fully saturated rings. The molecule has 0 atom stereocenters. The number of benzene rings is 2. The van der Waals surface area contributed by atoms with Crippen molar-refractivity contribution in [2.75, 3.05) is 19.4 Å². The smallest absolute Gasteiger partial charge is 0.263 e. The minimum absolute atomic E-state index is 0.170. The molecule has 1 amide bonds. The fraction of sp³-hybridized carbons (Fsp3) is 0.120. The molecule has 0 saturated carbocycles. The van der Waals surface area contributed by atoms with E-state index in [-0.39, 0.29) is 5.91 Å². The van der Waals surface area contributed by atoms with Crippen LogP contribution in [0.1, 0.15) is 15.2 Å². The molecule has 3 aromatic heterocycles. The van der Waals surface area contributed by atoms with Gasteiger partial charge in [-0.1, -0.05) is 18.2 Å². The number of nitrogens with zero attached hydrogens (tertiary/aromatic N) is 1. The fourth-order valence-corrected chi connectivity index (χ4v) is 4.83. The van der Waals surface area contributed by atoms with E-state index in [9.17, 15) is 4.79 Å². The van der Waals surface area contributed by atoms with Gasteiger partial charge in [-0.25, -0.2) is 4.98 Å². The molecule has 32 heavy (non-hydrogen) atoms. The van der Waals surface area contributed by atoms with Crippen LogP contribution in [0.2, 0.25) is 0 Å². The summed E-state index contributed by atoms with van der Waals surface area (Å²) in [6.45, 7) is 0.527. The van der Waals surface area contributed by atoms with Gasteiger partial charge in [0.2, 0.25) is 0 Å². The highest BCUT2D eigenvalue weighted by Gasteiger charge is 2.18. The van der Waals surface area contributed by atoms with E-state index in [0.29, 0.717) is 17.1 Å². The Bertz CT molecular complexity index is 1420. The zero-order valence-corrected chi connectivity index (χ0v) is 18.3. The number of carbonyl (C=O) groups is 1. The van der Waals surface area contributed by atoms with Crippen molar-refractivity contribution in [2.24, 2.45) is 0 Å². The van der Waals surface area contributed by atoms with Gasteiger partial charge in [0, 0.05) is 34.6 Å². The second-order valence-electron chi connectivity index (χ2n) is 7.49. The topological polar surface area (TPSA) is 93.0 Å². The van der Waals surface area contributed by atoms with Crippen molar-refractivity contribution >= 4 is 44.1 Å². The molecule has 5 aromatic rings. The van der Waals surface area contributed by atoms with E-state index in [1.54, 1.807) is 7.11 Å². The van der Waals surface area contributed by atoms with E-state index in [2.05, 4.69) is 16.4 Å². The molecule has 0 aliphatic rings. The molecule has 2 aromatic carbocycles. The molecule has 0 radical (unpaired) electrons. The first-order valence-corrected chi connectivity index (χ1v) is 11.1. The van der Waals surface area contributed by atoms with E-state index >= 15 is 0 Å². The predicted octanol–water partition coefficient (Wildman–Crippen LogP) is 5.01. The van der Waals surface area contributed by atoms with Gasteiger partial charge in [0.25, 0.3) is 5.91 Å². The van der Waals surface area contributed by atoms with E-state index in [0.717, 1.165) is 39.2 Å². The first kappa shape index (κ1) is 20.1. The average Bonchev–Trinajstić information content (AvgIpc) is 3.40. The summed E-state index contributed by atoms with van der Waals surface area (Å²) in [7, 11) is 1.64. The molecule has 0 spiro atoms. The molecule has 0 aliphatic heterocycles. The third kappa shape index (κ3) is 3.67. The van der Waals surface area contributed by atoms with E-state index in [1.807, 2.05) is 60.8 Å². The number of hydrogen-bond donors (Lipinski definition) is 3.